The van der Waals surface area contributed by atoms with Crippen LogP contribution < -0.4 is 10.4 Å². The van der Waals surface area contributed by atoms with Gasteiger partial charge in [0.05, 0.1) is 31.5 Å². The summed E-state index contributed by atoms with van der Waals surface area (Å²) in [6.45, 7) is 14.0. The van der Waals surface area contributed by atoms with Crippen molar-refractivity contribution in [1.82, 2.24) is 0 Å². The molecule has 0 amide bonds. The Bertz CT molecular complexity index is 1020. The van der Waals surface area contributed by atoms with Gasteiger partial charge in [-0.3, -0.25) is 0 Å². The van der Waals surface area contributed by atoms with E-state index in [1.165, 1.54) is 74.6 Å². The van der Waals surface area contributed by atoms with Crippen LogP contribution in [0.5, 0.6) is 0 Å². The molecule has 2 aromatic carbocycles. The molecule has 2 aromatic rings. The molecule has 51 heavy (non-hydrogen) atoms. The van der Waals surface area contributed by atoms with Crippen LogP contribution in [-0.4, -0.2) is 63.3 Å². The van der Waals surface area contributed by atoms with Crippen LogP contribution in [0.25, 0.3) is 0 Å². The monoisotopic (exact) mass is 727 g/mol. The van der Waals surface area contributed by atoms with E-state index in [0.29, 0.717) is 19.6 Å². The maximum absolute atomic E-state index is 10.4. The van der Waals surface area contributed by atoms with E-state index in [0.717, 1.165) is 71.0 Å². The first-order valence-corrected chi connectivity index (χ1v) is 23.0. The lowest BCUT2D eigenvalue weighted by atomic mass is 9.99. The lowest BCUT2D eigenvalue weighted by molar-refractivity contribution is -0.0122. The molecule has 0 fully saturated rings. The van der Waals surface area contributed by atoms with Gasteiger partial charge in [-0.15, -0.1) is 0 Å². The zero-order chi connectivity index (χ0) is 37.0. The quantitative estimate of drug-likeness (QED) is 0.0580. The highest BCUT2D eigenvalue weighted by molar-refractivity contribution is 6.99. The van der Waals surface area contributed by atoms with Crippen LogP contribution in [0.4, 0.5) is 0 Å². The topological polar surface area (TPSA) is 68.2 Å². The lowest BCUT2D eigenvalue weighted by Gasteiger charge is -2.45. The van der Waals surface area contributed by atoms with Crippen molar-refractivity contribution in [3.8, 4) is 0 Å². The standard InChI is InChI=1S/C45H78O5Si/c1-6-8-10-12-16-26-34-43(46)44(47)35-27-17-14-15-19-29-37-49-39-40(38-48-36-28-18-13-11-9-7-2)50-51(45(3,4)5,41-30-22-20-23-31-41)42-32-24-21-25-33-42/h20-25,30-33,40,43-44,46-47H,6-19,26-29,34-39H2,1-5H3. The second-order valence-electron chi connectivity index (χ2n) is 15.9. The van der Waals surface area contributed by atoms with Crippen molar-refractivity contribution in [2.24, 2.45) is 0 Å². The summed E-state index contributed by atoms with van der Waals surface area (Å²) in [6, 6.07) is 21.7. The highest BCUT2D eigenvalue weighted by atomic mass is 28.4. The fraction of sp³-hybridized carbons (Fsp3) is 0.733. The highest BCUT2D eigenvalue weighted by Gasteiger charge is 2.51. The van der Waals surface area contributed by atoms with Crippen LogP contribution in [0.15, 0.2) is 60.7 Å². The molecular weight excluding hydrogens is 649 g/mol. The minimum absolute atomic E-state index is 0.102. The van der Waals surface area contributed by atoms with E-state index in [4.69, 9.17) is 13.9 Å². The number of ether oxygens (including phenoxy) is 2. The number of aliphatic hydroxyl groups is 2. The second kappa shape index (κ2) is 28.0. The minimum Gasteiger partial charge on any atom is -0.400 e. The van der Waals surface area contributed by atoms with Crippen molar-refractivity contribution >= 4 is 18.7 Å². The van der Waals surface area contributed by atoms with Crippen LogP contribution in [-0.2, 0) is 13.9 Å². The molecule has 0 saturated heterocycles. The summed E-state index contributed by atoms with van der Waals surface area (Å²) < 4.78 is 20.1. The third-order valence-electron chi connectivity index (χ3n) is 10.3. The molecule has 2 rings (SSSR count). The SMILES string of the molecule is CCCCCCCCOCC(COCCCCCCCCC(O)C(O)CCCCCCCC)O[Si](c1ccccc1)(c1ccccc1)C(C)(C)C. The van der Waals surface area contributed by atoms with E-state index in [1.807, 2.05) is 0 Å². The molecule has 3 atom stereocenters. The molecule has 3 unspecified atom stereocenters. The normalized spacial score (nSPS) is 14.1. The van der Waals surface area contributed by atoms with Gasteiger partial charge in [-0.05, 0) is 41.1 Å². The Morgan fingerprint density at radius 2 is 0.863 bits per heavy atom. The van der Waals surface area contributed by atoms with Gasteiger partial charge in [0, 0.05) is 13.2 Å². The zero-order valence-electron chi connectivity index (χ0n) is 33.6. The first-order chi connectivity index (χ1) is 24.8. The van der Waals surface area contributed by atoms with Gasteiger partial charge < -0.3 is 24.1 Å². The maximum Gasteiger partial charge on any atom is 0.261 e. The van der Waals surface area contributed by atoms with Gasteiger partial charge in [-0.2, -0.15) is 0 Å². The van der Waals surface area contributed by atoms with Crippen molar-refractivity contribution in [3.05, 3.63) is 60.7 Å². The number of aliphatic hydroxyl groups excluding tert-OH is 2. The Labute approximate surface area is 315 Å². The van der Waals surface area contributed by atoms with Crippen molar-refractivity contribution in [2.45, 2.75) is 186 Å². The van der Waals surface area contributed by atoms with Crippen molar-refractivity contribution in [1.29, 1.82) is 0 Å². The van der Waals surface area contributed by atoms with E-state index >= 15 is 0 Å². The van der Waals surface area contributed by atoms with E-state index in [1.54, 1.807) is 0 Å². The molecule has 0 saturated carbocycles. The average Bonchev–Trinajstić information content (AvgIpc) is 3.13. The molecule has 0 aliphatic heterocycles. The average molecular weight is 727 g/mol. The lowest BCUT2D eigenvalue weighted by Crippen LogP contribution is -2.68. The number of rotatable bonds is 32. The Kier molecular flexibility index (Phi) is 25.0. The molecular formula is C45H78O5Si. The summed E-state index contributed by atoms with van der Waals surface area (Å²) in [6.07, 6.45) is 21.5. The third kappa shape index (κ3) is 18.4. The highest BCUT2D eigenvalue weighted by Crippen LogP contribution is 2.37. The molecule has 0 bridgehead atoms. The molecule has 0 spiro atoms. The molecule has 5 nitrogen and oxygen atoms in total. The van der Waals surface area contributed by atoms with E-state index in [9.17, 15) is 10.2 Å². The Balaban J connectivity index is 1.85. The van der Waals surface area contributed by atoms with Crippen molar-refractivity contribution in [3.63, 3.8) is 0 Å². The summed E-state index contributed by atoms with van der Waals surface area (Å²) >= 11 is 0. The summed E-state index contributed by atoms with van der Waals surface area (Å²) in [7, 11) is -2.72. The molecule has 6 heteroatoms. The summed E-state index contributed by atoms with van der Waals surface area (Å²) in [5.41, 5.74) is 0. The molecule has 0 radical (unpaired) electrons. The van der Waals surface area contributed by atoms with Gasteiger partial charge >= 0.3 is 0 Å². The van der Waals surface area contributed by atoms with Crippen LogP contribution in [0, 0.1) is 0 Å². The molecule has 292 valence electrons. The Morgan fingerprint density at radius 3 is 1.24 bits per heavy atom. The second-order valence-corrected chi connectivity index (χ2v) is 20.2. The van der Waals surface area contributed by atoms with Crippen molar-refractivity contribution < 1.29 is 24.1 Å². The Hall–Kier alpha value is -1.54. The first kappa shape index (κ1) is 45.6. The van der Waals surface area contributed by atoms with Gasteiger partial charge in [0.15, 0.2) is 0 Å². The number of unbranched alkanes of at least 4 members (excludes halogenated alkanes) is 15. The van der Waals surface area contributed by atoms with E-state index < -0.39 is 20.5 Å². The fourth-order valence-corrected chi connectivity index (χ4v) is 11.9. The number of hydrogen-bond acceptors (Lipinski definition) is 5. The first-order valence-electron chi connectivity index (χ1n) is 21.1. The summed E-state index contributed by atoms with van der Waals surface area (Å²) in [5.74, 6) is 0. The number of hydrogen-bond donors (Lipinski definition) is 2. The van der Waals surface area contributed by atoms with Crippen molar-refractivity contribution in [2.75, 3.05) is 26.4 Å². The van der Waals surface area contributed by atoms with Gasteiger partial charge in [0.1, 0.15) is 0 Å². The van der Waals surface area contributed by atoms with Crippen LogP contribution in [0.2, 0.25) is 5.04 Å². The number of benzene rings is 2. The Morgan fingerprint density at radius 1 is 0.510 bits per heavy atom. The van der Waals surface area contributed by atoms with Gasteiger partial charge in [0.2, 0.25) is 0 Å². The zero-order valence-corrected chi connectivity index (χ0v) is 34.6. The fourth-order valence-electron chi connectivity index (χ4n) is 7.25. The molecule has 0 aliphatic rings. The maximum atomic E-state index is 10.4. The summed E-state index contributed by atoms with van der Waals surface area (Å²) in [5, 5.41) is 23.2. The third-order valence-corrected chi connectivity index (χ3v) is 15.4. The molecule has 0 aliphatic carbocycles. The predicted octanol–water partition coefficient (Wildman–Crippen LogP) is 10.5. The van der Waals surface area contributed by atoms with E-state index in [-0.39, 0.29) is 11.1 Å². The van der Waals surface area contributed by atoms with Crippen LogP contribution in [0.1, 0.15) is 163 Å². The summed E-state index contributed by atoms with van der Waals surface area (Å²) in [4.78, 5) is 0. The largest absolute Gasteiger partial charge is 0.400 e. The van der Waals surface area contributed by atoms with E-state index in [2.05, 4.69) is 95.3 Å². The van der Waals surface area contributed by atoms with Gasteiger partial charge in [-0.1, -0.05) is 198 Å². The van der Waals surface area contributed by atoms with Gasteiger partial charge in [0.25, 0.3) is 8.32 Å². The smallest absolute Gasteiger partial charge is 0.261 e. The van der Waals surface area contributed by atoms with Crippen LogP contribution in [0.3, 0.4) is 0 Å². The predicted molar refractivity (Wildman–Crippen MR) is 220 cm³/mol. The van der Waals surface area contributed by atoms with Crippen LogP contribution >= 0.6 is 0 Å². The molecule has 0 heterocycles. The minimum atomic E-state index is -2.72. The van der Waals surface area contributed by atoms with Gasteiger partial charge in [-0.25, -0.2) is 0 Å². The molecule has 0 aromatic heterocycles. The molecule has 2 N–H and O–H groups in total.